The molecule has 2 aromatic carbocycles. The van der Waals surface area contributed by atoms with Crippen LogP contribution in [0.5, 0.6) is 0 Å². The van der Waals surface area contributed by atoms with Crippen LogP contribution in [0.15, 0.2) is 47.4 Å². The topological polar surface area (TPSA) is 124 Å². The number of amides is 2. The minimum Gasteiger partial charge on any atom is -0.335 e. The quantitative estimate of drug-likeness (QED) is 0.498. The summed E-state index contributed by atoms with van der Waals surface area (Å²) in [6, 6.07) is 7.73. The van der Waals surface area contributed by atoms with Crippen LogP contribution in [-0.2, 0) is 36.1 Å². The molecule has 0 aliphatic carbocycles. The maximum absolute atomic E-state index is 14.0. The number of hydrogen-bond acceptors (Lipinski definition) is 6. The molecule has 2 aliphatic rings. The lowest BCUT2D eigenvalue weighted by atomic mass is 9.96. The predicted octanol–water partition coefficient (Wildman–Crippen LogP) is 2.59. The number of rotatable bonds is 7. The van der Waals surface area contributed by atoms with Gasteiger partial charge in [-0.15, -0.1) is 0 Å². The van der Waals surface area contributed by atoms with Crippen molar-refractivity contribution in [2.24, 2.45) is 0 Å². The molecule has 39 heavy (non-hydrogen) atoms. The molecule has 4 rings (SSSR count). The van der Waals surface area contributed by atoms with Crippen LogP contribution in [0.4, 0.5) is 0 Å². The van der Waals surface area contributed by atoms with Gasteiger partial charge < -0.3 is 9.80 Å². The Balaban J connectivity index is 1.87. The highest BCUT2D eigenvalue weighted by molar-refractivity contribution is 7.89. The van der Waals surface area contributed by atoms with Crippen molar-refractivity contribution in [1.82, 2.24) is 18.8 Å². The zero-order valence-electron chi connectivity index (χ0n) is 21.2. The van der Waals surface area contributed by atoms with Gasteiger partial charge in [0.05, 0.1) is 17.8 Å². The Morgan fingerprint density at radius 2 is 1.54 bits per heavy atom. The number of piperazine rings is 1. The van der Waals surface area contributed by atoms with Gasteiger partial charge in [-0.1, -0.05) is 46.9 Å². The molecule has 0 radical (unpaired) electrons. The van der Waals surface area contributed by atoms with Crippen molar-refractivity contribution >= 4 is 66.7 Å². The number of benzene rings is 2. The van der Waals surface area contributed by atoms with Crippen molar-refractivity contribution < 1.29 is 26.4 Å². The van der Waals surface area contributed by atoms with Gasteiger partial charge in [0.25, 0.3) is 0 Å². The molecular formula is C24H27Cl3N4O6S2. The van der Waals surface area contributed by atoms with Crippen LogP contribution in [0.1, 0.15) is 19.4 Å². The van der Waals surface area contributed by atoms with Crippen molar-refractivity contribution in [3.05, 3.63) is 63.1 Å². The van der Waals surface area contributed by atoms with Crippen molar-refractivity contribution in [3.63, 3.8) is 0 Å². The summed E-state index contributed by atoms with van der Waals surface area (Å²) in [6.45, 7) is 2.97. The maximum Gasteiger partial charge on any atom is 0.246 e. The van der Waals surface area contributed by atoms with E-state index in [2.05, 4.69) is 4.72 Å². The van der Waals surface area contributed by atoms with E-state index >= 15 is 0 Å². The zero-order chi connectivity index (χ0) is 28.9. The first-order valence-corrected chi connectivity index (χ1v) is 16.4. The van der Waals surface area contributed by atoms with Gasteiger partial charge in [0.1, 0.15) is 23.1 Å². The third-order valence-corrected chi connectivity index (χ3v) is 10.2. The molecule has 15 heteroatoms. The van der Waals surface area contributed by atoms with Crippen molar-refractivity contribution in [2.45, 2.75) is 49.5 Å². The average Bonchev–Trinajstić information content (AvgIpc) is 2.82. The second kappa shape index (κ2) is 11.2. The molecule has 2 heterocycles. The monoisotopic (exact) mass is 636 g/mol. The fourth-order valence-corrected chi connectivity index (χ4v) is 8.02. The van der Waals surface area contributed by atoms with E-state index in [9.17, 15) is 26.4 Å². The molecule has 10 nitrogen and oxygen atoms in total. The normalized spacial score (nSPS) is 22.9. The smallest absolute Gasteiger partial charge is 0.246 e. The number of nitrogens with zero attached hydrogens (tertiary/aromatic N) is 3. The Hall–Kier alpha value is -1.93. The van der Waals surface area contributed by atoms with Gasteiger partial charge in [-0.25, -0.2) is 21.6 Å². The standard InChI is InChI=1S/C24H27Cl3N4O6S2/c1-14(2)29-13-22-30(39(36,37)21-9-8-17(26)11-18(21)27)12-19(28-38(3,34)35)23(32)31(22)20(24(29)33)10-15-4-6-16(25)7-5-15/h4-9,11,14,19-20,22,28H,10,12-13H2,1-3H3. The molecule has 2 saturated heterocycles. The molecule has 0 aromatic heterocycles. The van der Waals surface area contributed by atoms with Gasteiger partial charge in [-0.3, -0.25) is 9.59 Å². The van der Waals surface area contributed by atoms with Crippen LogP contribution >= 0.6 is 34.8 Å². The van der Waals surface area contributed by atoms with Gasteiger partial charge in [0, 0.05) is 29.1 Å². The summed E-state index contributed by atoms with van der Waals surface area (Å²) in [5.41, 5.74) is 0.684. The van der Waals surface area contributed by atoms with E-state index in [0.717, 1.165) is 10.6 Å². The van der Waals surface area contributed by atoms with Gasteiger partial charge in [-0.05, 0) is 49.7 Å². The predicted molar refractivity (Wildman–Crippen MR) is 149 cm³/mol. The Morgan fingerprint density at radius 3 is 2.10 bits per heavy atom. The molecular weight excluding hydrogens is 611 g/mol. The first kappa shape index (κ1) is 30.0. The van der Waals surface area contributed by atoms with Crippen LogP contribution in [0.25, 0.3) is 0 Å². The third kappa shape index (κ3) is 6.22. The Bertz CT molecular complexity index is 1500. The van der Waals surface area contributed by atoms with Crippen LogP contribution in [0, 0.1) is 0 Å². The minimum atomic E-state index is -4.40. The van der Waals surface area contributed by atoms with Gasteiger partial charge in [-0.2, -0.15) is 4.31 Å². The fourth-order valence-electron chi connectivity index (χ4n) is 4.87. The molecule has 0 spiro atoms. The van der Waals surface area contributed by atoms with Crippen LogP contribution in [0.2, 0.25) is 15.1 Å². The highest BCUT2D eigenvalue weighted by Gasteiger charge is 2.54. The second-order valence-electron chi connectivity index (χ2n) is 9.75. The summed E-state index contributed by atoms with van der Waals surface area (Å²) in [6.07, 6.45) is -0.194. The maximum atomic E-state index is 14.0. The molecule has 0 bridgehead atoms. The first-order valence-electron chi connectivity index (χ1n) is 11.9. The average molecular weight is 638 g/mol. The highest BCUT2D eigenvalue weighted by Crippen LogP contribution is 2.35. The number of nitrogens with one attached hydrogen (secondary N) is 1. The molecule has 1 N–H and O–H groups in total. The van der Waals surface area contributed by atoms with Crippen LogP contribution in [-0.4, -0.2) is 86.4 Å². The van der Waals surface area contributed by atoms with E-state index in [4.69, 9.17) is 34.8 Å². The number of halogens is 3. The SMILES string of the molecule is CC(C)N1CC2N(C(=O)C(NS(C)(=O)=O)CN2S(=O)(=O)c2ccc(Cl)cc2Cl)C(Cc2ccc(Cl)cc2)C1=O. The van der Waals surface area contributed by atoms with E-state index in [1.807, 2.05) is 0 Å². The molecule has 3 atom stereocenters. The number of hydrogen-bond donors (Lipinski definition) is 1. The Kier molecular flexibility index (Phi) is 8.59. The lowest BCUT2D eigenvalue weighted by molar-refractivity contribution is -0.168. The van der Waals surface area contributed by atoms with E-state index in [1.165, 1.54) is 28.0 Å². The van der Waals surface area contributed by atoms with Gasteiger partial charge in [0.2, 0.25) is 31.9 Å². The summed E-state index contributed by atoms with van der Waals surface area (Å²) in [5, 5.41) is 0.575. The summed E-state index contributed by atoms with van der Waals surface area (Å²) in [5.74, 6) is -1.08. The third-order valence-electron chi connectivity index (χ3n) is 6.64. The summed E-state index contributed by atoms with van der Waals surface area (Å²) in [4.78, 5) is 29.9. The highest BCUT2D eigenvalue weighted by atomic mass is 35.5. The van der Waals surface area contributed by atoms with E-state index in [0.29, 0.717) is 10.6 Å². The Labute approximate surface area is 242 Å². The summed E-state index contributed by atoms with van der Waals surface area (Å²) >= 11 is 18.3. The summed E-state index contributed by atoms with van der Waals surface area (Å²) in [7, 11) is -8.33. The lowest BCUT2D eigenvalue weighted by Crippen LogP contribution is -2.76. The molecule has 212 valence electrons. The number of sulfonamides is 2. The largest absolute Gasteiger partial charge is 0.335 e. The van der Waals surface area contributed by atoms with Gasteiger partial charge >= 0.3 is 0 Å². The van der Waals surface area contributed by atoms with Crippen molar-refractivity contribution in [3.8, 4) is 0 Å². The van der Waals surface area contributed by atoms with Crippen molar-refractivity contribution in [1.29, 1.82) is 0 Å². The van der Waals surface area contributed by atoms with Crippen LogP contribution in [0.3, 0.4) is 0 Å². The number of fused-ring (bicyclic) bond motifs is 1. The zero-order valence-corrected chi connectivity index (χ0v) is 25.1. The molecule has 0 saturated carbocycles. The van der Waals surface area contributed by atoms with Crippen LogP contribution < -0.4 is 4.72 Å². The number of carbonyl (C=O) groups is 2. The fraction of sp³-hybridized carbons (Fsp3) is 0.417. The summed E-state index contributed by atoms with van der Waals surface area (Å²) < 4.78 is 55.6. The van der Waals surface area contributed by atoms with E-state index < -0.39 is 50.7 Å². The molecule has 2 fully saturated rings. The number of carbonyl (C=O) groups excluding carboxylic acids is 2. The molecule has 2 amide bonds. The minimum absolute atomic E-state index is 0.0582. The van der Waals surface area contributed by atoms with Crippen molar-refractivity contribution in [2.75, 3.05) is 19.3 Å². The first-order chi connectivity index (χ1) is 18.1. The van der Waals surface area contributed by atoms with E-state index in [-0.39, 0.29) is 39.9 Å². The Morgan fingerprint density at radius 1 is 0.923 bits per heavy atom. The molecule has 3 unspecified atom stereocenters. The van der Waals surface area contributed by atoms with E-state index in [1.54, 1.807) is 38.1 Å². The molecule has 2 aromatic rings. The van der Waals surface area contributed by atoms with Gasteiger partial charge in [0.15, 0.2) is 0 Å². The lowest BCUT2D eigenvalue weighted by Gasteiger charge is -2.54. The second-order valence-corrected chi connectivity index (χ2v) is 14.7. The molecule has 2 aliphatic heterocycles.